The van der Waals surface area contributed by atoms with Crippen LogP contribution in [0.1, 0.15) is 26.7 Å². The van der Waals surface area contributed by atoms with Gasteiger partial charge < -0.3 is 11.1 Å². The van der Waals surface area contributed by atoms with E-state index in [4.69, 9.17) is 12.2 Å². The van der Waals surface area contributed by atoms with Crippen LogP contribution in [0.3, 0.4) is 0 Å². The first-order valence-corrected chi connectivity index (χ1v) is 4.46. The van der Waals surface area contributed by atoms with Gasteiger partial charge in [-0.2, -0.15) is 0 Å². The van der Waals surface area contributed by atoms with Crippen molar-refractivity contribution in [3.63, 3.8) is 0 Å². The van der Waals surface area contributed by atoms with Crippen LogP contribution >= 0.6 is 0 Å². The third kappa shape index (κ3) is 6.21. The predicted octanol–water partition coefficient (Wildman–Crippen LogP) is 0.974. The lowest BCUT2D eigenvalue weighted by Crippen LogP contribution is -2.35. The number of unbranched alkanes of at least 4 members (excludes halogenated alkanes) is 1. The van der Waals surface area contributed by atoms with Gasteiger partial charge in [0.2, 0.25) is 0 Å². The Balaban J connectivity index is 3.26. The molecule has 2 heteroatoms. The Hall–Kier alpha value is -0.520. The van der Waals surface area contributed by atoms with Gasteiger partial charge in [-0.25, -0.2) is 0 Å². The lowest BCUT2D eigenvalue weighted by atomic mass is 9.94. The van der Waals surface area contributed by atoms with Gasteiger partial charge in [-0.3, -0.25) is 0 Å². The van der Waals surface area contributed by atoms with Gasteiger partial charge in [0.15, 0.2) is 0 Å². The van der Waals surface area contributed by atoms with Crippen LogP contribution in [0.15, 0.2) is 0 Å². The minimum absolute atomic E-state index is 0.205. The molecule has 0 fully saturated rings. The molecule has 3 N–H and O–H groups in total. The fourth-order valence-electron chi connectivity index (χ4n) is 0.814. The van der Waals surface area contributed by atoms with Gasteiger partial charge in [0.1, 0.15) is 0 Å². The van der Waals surface area contributed by atoms with Crippen LogP contribution in [0.5, 0.6) is 0 Å². The van der Waals surface area contributed by atoms with E-state index in [-0.39, 0.29) is 5.41 Å². The minimum atomic E-state index is 0.205. The fraction of sp³-hybridized carbons (Fsp3) is 0.800. The van der Waals surface area contributed by atoms with Crippen LogP contribution in [-0.4, -0.2) is 19.6 Å². The number of terminal acetylenes is 1. The van der Waals surface area contributed by atoms with Crippen LogP contribution in [-0.2, 0) is 0 Å². The summed E-state index contributed by atoms with van der Waals surface area (Å²) >= 11 is 0. The normalized spacial score (nSPS) is 11.2. The first kappa shape index (κ1) is 11.5. The second kappa shape index (κ2) is 6.05. The van der Waals surface area contributed by atoms with Crippen LogP contribution in [0.2, 0.25) is 0 Å². The van der Waals surface area contributed by atoms with Crippen LogP contribution < -0.4 is 11.1 Å². The summed E-state index contributed by atoms with van der Waals surface area (Å²) in [6.07, 6.45) is 7.03. The van der Waals surface area contributed by atoms with E-state index in [2.05, 4.69) is 25.1 Å². The maximum absolute atomic E-state index is 5.57. The Kier molecular flexibility index (Phi) is 5.79. The van der Waals surface area contributed by atoms with Gasteiger partial charge in [0.25, 0.3) is 0 Å². The Labute approximate surface area is 75.9 Å². The van der Waals surface area contributed by atoms with Gasteiger partial charge in [-0.1, -0.05) is 13.8 Å². The molecular formula is C10H20N2. The van der Waals surface area contributed by atoms with Crippen molar-refractivity contribution in [2.75, 3.05) is 19.6 Å². The van der Waals surface area contributed by atoms with E-state index in [0.29, 0.717) is 0 Å². The average Bonchev–Trinajstić information content (AvgIpc) is 2.04. The number of rotatable bonds is 6. The molecule has 0 aliphatic rings. The second-order valence-corrected chi connectivity index (χ2v) is 3.85. The zero-order chi connectivity index (χ0) is 9.45. The number of hydrogen-bond donors (Lipinski definition) is 2. The highest BCUT2D eigenvalue weighted by Gasteiger charge is 2.13. The summed E-state index contributed by atoms with van der Waals surface area (Å²) < 4.78 is 0. The smallest absolute Gasteiger partial charge is 0.00981 e. The van der Waals surface area contributed by atoms with E-state index in [1.165, 1.54) is 0 Å². The summed E-state index contributed by atoms with van der Waals surface area (Å²) in [5.74, 6) is 2.61. The van der Waals surface area contributed by atoms with Gasteiger partial charge >= 0.3 is 0 Å². The third-order valence-electron chi connectivity index (χ3n) is 1.83. The molecular weight excluding hydrogens is 148 g/mol. The van der Waals surface area contributed by atoms with Crippen molar-refractivity contribution in [3.8, 4) is 12.3 Å². The lowest BCUT2D eigenvalue weighted by molar-refractivity contribution is 0.352. The van der Waals surface area contributed by atoms with Gasteiger partial charge in [-0.15, -0.1) is 12.3 Å². The fourth-order valence-corrected chi connectivity index (χ4v) is 0.814. The highest BCUT2D eigenvalue weighted by molar-refractivity contribution is 4.83. The quantitative estimate of drug-likeness (QED) is 0.458. The molecule has 0 saturated heterocycles. The highest BCUT2D eigenvalue weighted by atomic mass is 14.9. The molecule has 0 aromatic carbocycles. The summed E-state index contributed by atoms with van der Waals surface area (Å²) in [4.78, 5) is 0. The topological polar surface area (TPSA) is 38.0 Å². The van der Waals surface area contributed by atoms with Gasteiger partial charge in [0.05, 0.1) is 0 Å². The van der Waals surface area contributed by atoms with E-state index in [1.807, 2.05) is 0 Å². The molecule has 0 radical (unpaired) electrons. The molecule has 0 spiro atoms. The Morgan fingerprint density at radius 2 is 2.17 bits per heavy atom. The van der Waals surface area contributed by atoms with Crippen molar-refractivity contribution in [1.82, 2.24) is 5.32 Å². The van der Waals surface area contributed by atoms with Crippen molar-refractivity contribution in [1.29, 1.82) is 0 Å². The molecule has 0 atom stereocenters. The lowest BCUT2D eigenvalue weighted by Gasteiger charge is -2.22. The molecule has 0 saturated carbocycles. The molecule has 0 bridgehead atoms. The Morgan fingerprint density at radius 1 is 1.50 bits per heavy atom. The van der Waals surface area contributed by atoms with Crippen molar-refractivity contribution < 1.29 is 0 Å². The first-order chi connectivity index (χ1) is 5.62. The Bertz CT molecular complexity index is 144. The zero-order valence-corrected chi connectivity index (χ0v) is 8.19. The molecule has 0 aromatic rings. The maximum Gasteiger partial charge on any atom is 0.00981 e. The molecule has 0 aromatic heterocycles. The summed E-state index contributed by atoms with van der Waals surface area (Å²) in [5.41, 5.74) is 5.78. The third-order valence-corrected chi connectivity index (χ3v) is 1.83. The summed E-state index contributed by atoms with van der Waals surface area (Å²) in [5, 5.41) is 3.34. The van der Waals surface area contributed by atoms with Crippen molar-refractivity contribution in [2.45, 2.75) is 26.7 Å². The summed E-state index contributed by atoms with van der Waals surface area (Å²) in [6, 6.07) is 0. The monoisotopic (exact) mass is 168 g/mol. The van der Waals surface area contributed by atoms with E-state index in [0.717, 1.165) is 32.5 Å². The van der Waals surface area contributed by atoms with Gasteiger partial charge in [0, 0.05) is 13.0 Å². The van der Waals surface area contributed by atoms with Crippen LogP contribution in [0, 0.1) is 17.8 Å². The van der Waals surface area contributed by atoms with E-state index in [9.17, 15) is 0 Å². The highest BCUT2D eigenvalue weighted by Crippen LogP contribution is 2.09. The van der Waals surface area contributed by atoms with Gasteiger partial charge in [-0.05, 0) is 24.9 Å². The maximum atomic E-state index is 5.57. The molecule has 0 aliphatic carbocycles. The van der Waals surface area contributed by atoms with Crippen LogP contribution in [0.25, 0.3) is 0 Å². The molecule has 0 rings (SSSR count). The second-order valence-electron chi connectivity index (χ2n) is 3.85. The molecule has 0 amide bonds. The van der Waals surface area contributed by atoms with Crippen LogP contribution in [0.4, 0.5) is 0 Å². The minimum Gasteiger partial charge on any atom is -0.330 e. The average molecular weight is 168 g/mol. The standard InChI is InChI=1S/C10H20N2/c1-4-5-6-7-12-9-10(2,3)8-11/h1,12H,5-9,11H2,2-3H3. The number of hydrogen-bond acceptors (Lipinski definition) is 2. The molecule has 0 aliphatic heterocycles. The predicted molar refractivity (Wildman–Crippen MR) is 53.8 cm³/mol. The summed E-state index contributed by atoms with van der Waals surface area (Å²) in [6.45, 7) is 6.99. The molecule has 0 unspecified atom stereocenters. The summed E-state index contributed by atoms with van der Waals surface area (Å²) in [7, 11) is 0. The zero-order valence-electron chi connectivity index (χ0n) is 8.19. The number of nitrogens with one attached hydrogen (secondary N) is 1. The van der Waals surface area contributed by atoms with Crippen molar-refractivity contribution >= 4 is 0 Å². The molecule has 70 valence electrons. The molecule has 0 heterocycles. The van der Waals surface area contributed by atoms with E-state index < -0.39 is 0 Å². The van der Waals surface area contributed by atoms with E-state index >= 15 is 0 Å². The number of nitrogens with two attached hydrogens (primary N) is 1. The van der Waals surface area contributed by atoms with E-state index in [1.54, 1.807) is 0 Å². The molecule has 12 heavy (non-hydrogen) atoms. The van der Waals surface area contributed by atoms with Crippen molar-refractivity contribution in [2.24, 2.45) is 11.1 Å². The SMILES string of the molecule is C#CCCCNCC(C)(C)CN. The van der Waals surface area contributed by atoms with Crippen molar-refractivity contribution in [3.05, 3.63) is 0 Å². The first-order valence-electron chi connectivity index (χ1n) is 4.46. The molecule has 2 nitrogen and oxygen atoms in total. The largest absolute Gasteiger partial charge is 0.330 e. The Morgan fingerprint density at radius 3 is 2.67 bits per heavy atom.